The van der Waals surface area contributed by atoms with Crippen molar-refractivity contribution in [1.29, 1.82) is 0 Å². The Morgan fingerprint density at radius 1 is 1.20 bits per heavy atom. The van der Waals surface area contributed by atoms with E-state index in [1.165, 1.54) is 24.8 Å². The normalized spacial score (nSPS) is 12.8. The Labute approximate surface area is 121 Å². The van der Waals surface area contributed by atoms with Crippen molar-refractivity contribution in [1.82, 2.24) is 19.7 Å². The molecule has 0 aliphatic rings. The molecule has 110 valence electrons. The van der Waals surface area contributed by atoms with E-state index < -0.39 is 0 Å². The van der Waals surface area contributed by atoms with Crippen LogP contribution in [0, 0.1) is 0 Å². The number of nitrogens with zero attached hydrogens (tertiary/aromatic N) is 3. The van der Waals surface area contributed by atoms with Crippen LogP contribution in [-0.2, 0) is 13.6 Å². The highest BCUT2D eigenvalue weighted by Gasteiger charge is 2.11. The molecule has 0 spiro atoms. The summed E-state index contributed by atoms with van der Waals surface area (Å²) in [6.07, 6.45) is 9.95. The van der Waals surface area contributed by atoms with Gasteiger partial charge in [-0.1, -0.05) is 20.3 Å². The molecule has 2 aromatic heterocycles. The molecule has 0 saturated heterocycles. The van der Waals surface area contributed by atoms with Gasteiger partial charge in [-0.15, -0.1) is 0 Å². The lowest BCUT2D eigenvalue weighted by molar-refractivity contribution is 0.493. The third kappa shape index (κ3) is 3.97. The first-order chi connectivity index (χ1) is 9.72. The quantitative estimate of drug-likeness (QED) is 0.802. The minimum Gasteiger partial charge on any atom is -0.348 e. The van der Waals surface area contributed by atoms with E-state index in [1.54, 1.807) is 0 Å². The number of aryl methyl sites for hydroxylation is 1. The predicted molar refractivity (Wildman–Crippen MR) is 82.7 cm³/mol. The van der Waals surface area contributed by atoms with E-state index in [9.17, 15) is 0 Å². The molecule has 2 aromatic rings. The van der Waals surface area contributed by atoms with Gasteiger partial charge in [-0.05, 0) is 37.1 Å². The zero-order chi connectivity index (χ0) is 14.4. The third-order valence-corrected chi connectivity index (χ3v) is 3.51. The van der Waals surface area contributed by atoms with E-state index in [4.69, 9.17) is 0 Å². The van der Waals surface area contributed by atoms with E-state index in [2.05, 4.69) is 53.4 Å². The topological polar surface area (TPSA) is 34.8 Å². The minimum atomic E-state index is 0.477. The summed E-state index contributed by atoms with van der Waals surface area (Å²) in [6.45, 7) is 6.37. The van der Waals surface area contributed by atoms with E-state index in [0.29, 0.717) is 6.04 Å². The standard InChI is InChI=1S/C16H26N4/c1-4-6-16(17-9-5-2)14-7-11-20(12-14)13-15-8-10-19(3)18-15/h7-8,10-12,16-17H,4-6,9,13H2,1-3H3. The van der Waals surface area contributed by atoms with Crippen LogP contribution in [0.2, 0.25) is 0 Å². The number of hydrogen-bond donors (Lipinski definition) is 1. The van der Waals surface area contributed by atoms with E-state index in [0.717, 1.165) is 18.8 Å². The highest BCUT2D eigenvalue weighted by Crippen LogP contribution is 2.19. The molecule has 0 radical (unpaired) electrons. The molecular weight excluding hydrogens is 248 g/mol. The SMILES string of the molecule is CCCNC(CCC)c1ccn(Cc2ccn(C)n2)c1. The number of nitrogens with one attached hydrogen (secondary N) is 1. The van der Waals surface area contributed by atoms with Crippen LogP contribution in [0.15, 0.2) is 30.7 Å². The molecule has 1 unspecified atom stereocenters. The van der Waals surface area contributed by atoms with Crippen LogP contribution in [0.5, 0.6) is 0 Å². The van der Waals surface area contributed by atoms with Gasteiger partial charge in [0.2, 0.25) is 0 Å². The van der Waals surface area contributed by atoms with Crippen molar-refractivity contribution in [3.63, 3.8) is 0 Å². The summed E-state index contributed by atoms with van der Waals surface area (Å²) in [4.78, 5) is 0. The zero-order valence-electron chi connectivity index (χ0n) is 12.8. The third-order valence-electron chi connectivity index (χ3n) is 3.51. The van der Waals surface area contributed by atoms with Gasteiger partial charge in [-0.25, -0.2) is 0 Å². The number of aromatic nitrogens is 3. The molecule has 0 bridgehead atoms. The molecule has 1 N–H and O–H groups in total. The lowest BCUT2D eigenvalue weighted by Crippen LogP contribution is -2.21. The summed E-state index contributed by atoms with van der Waals surface area (Å²) in [7, 11) is 1.95. The molecule has 0 aliphatic carbocycles. The molecule has 2 rings (SSSR count). The fourth-order valence-electron chi connectivity index (χ4n) is 2.49. The van der Waals surface area contributed by atoms with Crippen molar-refractivity contribution in [2.75, 3.05) is 6.54 Å². The summed E-state index contributed by atoms with van der Waals surface area (Å²) in [5.41, 5.74) is 2.49. The Bertz CT molecular complexity index is 512. The van der Waals surface area contributed by atoms with Gasteiger partial charge in [-0.3, -0.25) is 4.68 Å². The number of hydrogen-bond acceptors (Lipinski definition) is 2. The highest BCUT2D eigenvalue weighted by atomic mass is 15.3. The van der Waals surface area contributed by atoms with Crippen molar-refractivity contribution in [2.45, 2.75) is 45.7 Å². The fourth-order valence-corrected chi connectivity index (χ4v) is 2.49. The second-order valence-electron chi connectivity index (χ2n) is 5.39. The molecule has 4 heteroatoms. The fraction of sp³-hybridized carbons (Fsp3) is 0.562. The van der Waals surface area contributed by atoms with E-state index in [-0.39, 0.29) is 0 Å². The zero-order valence-corrected chi connectivity index (χ0v) is 12.8. The number of rotatable bonds is 8. The molecule has 2 heterocycles. The van der Waals surface area contributed by atoms with Crippen molar-refractivity contribution >= 4 is 0 Å². The first-order valence-electron chi connectivity index (χ1n) is 7.60. The first-order valence-corrected chi connectivity index (χ1v) is 7.60. The molecule has 0 fully saturated rings. The van der Waals surface area contributed by atoms with Crippen molar-refractivity contribution in [2.24, 2.45) is 7.05 Å². The van der Waals surface area contributed by atoms with Crippen molar-refractivity contribution < 1.29 is 0 Å². The Hall–Kier alpha value is -1.55. The molecular formula is C16H26N4. The van der Waals surface area contributed by atoms with Crippen LogP contribution < -0.4 is 5.32 Å². The largest absolute Gasteiger partial charge is 0.348 e. The molecule has 0 aromatic carbocycles. The smallest absolute Gasteiger partial charge is 0.0821 e. The average Bonchev–Trinajstić information content (AvgIpc) is 3.04. The average molecular weight is 274 g/mol. The molecule has 0 saturated carbocycles. The van der Waals surface area contributed by atoms with Gasteiger partial charge in [0.25, 0.3) is 0 Å². The maximum Gasteiger partial charge on any atom is 0.0821 e. The lowest BCUT2D eigenvalue weighted by Gasteiger charge is -2.16. The second kappa shape index (κ2) is 7.29. The van der Waals surface area contributed by atoms with E-state index >= 15 is 0 Å². The van der Waals surface area contributed by atoms with Gasteiger partial charge in [0, 0.05) is 31.7 Å². The maximum absolute atomic E-state index is 4.43. The van der Waals surface area contributed by atoms with E-state index in [1.807, 2.05) is 17.9 Å². The Balaban J connectivity index is 2.02. The van der Waals surface area contributed by atoms with Crippen molar-refractivity contribution in [3.05, 3.63) is 42.0 Å². The lowest BCUT2D eigenvalue weighted by atomic mass is 10.1. The van der Waals surface area contributed by atoms with Crippen LogP contribution in [0.3, 0.4) is 0 Å². The monoisotopic (exact) mass is 274 g/mol. The van der Waals surface area contributed by atoms with Gasteiger partial charge in [0.15, 0.2) is 0 Å². The van der Waals surface area contributed by atoms with Crippen LogP contribution in [0.4, 0.5) is 0 Å². The summed E-state index contributed by atoms with van der Waals surface area (Å²) in [6, 6.07) is 4.77. The minimum absolute atomic E-state index is 0.477. The van der Waals surface area contributed by atoms with Gasteiger partial charge < -0.3 is 9.88 Å². The van der Waals surface area contributed by atoms with Crippen LogP contribution in [-0.4, -0.2) is 20.9 Å². The molecule has 20 heavy (non-hydrogen) atoms. The molecule has 4 nitrogen and oxygen atoms in total. The molecule has 0 aliphatic heterocycles. The van der Waals surface area contributed by atoms with Gasteiger partial charge >= 0.3 is 0 Å². The Morgan fingerprint density at radius 3 is 2.70 bits per heavy atom. The summed E-state index contributed by atoms with van der Waals surface area (Å²) >= 11 is 0. The highest BCUT2D eigenvalue weighted by molar-refractivity contribution is 5.16. The first kappa shape index (κ1) is 14.9. The van der Waals surface area contributed by atoms with Gasteiger partial charge in [0.05, 0.1) is 12.2 Å². The van der Waals surface area contributed by atoms with Gasteiger partial charge in [-0.2, -0.15) is 5.10 Å². The summed E-state index contributed by atoms with van der Waals surface area (Å²) in [5, 5.41) is 8.06. The Kier molecular flexibility index (Phi) is 5.41. The van der Waals surface area contributed by atoms with Crippen molar-refractivity contribution in [3.8, 4) is 0 Å². The maximum atomic E-state index is 4.43. The van der Waals surface area contributed by atoms with Gasteiger partial charge in [0.1, 0.15) is 0 Å². The second-order valence-corrected chi connectivity index (χ2v) is 5.39. The van der Waals surface area contributed by atoms with Crippen LogP contribution in [0.1, 0.15) is 50.4 Å². The Morgan fingerprint density at radius 2 is 2.05 bits per heavy atom. The van der Waals surface area contributed by atoms with Crippen LogP contribution >= 0.6 is 0 Å². The summed E-state index contributed by atoms with van der Waals surface area (Å²) in [5.74, 6) is 0. The molecule has 1 atom stereocenters. The summed E-state index contributed by atoms with van der Waals surface area (Å²) < 4.78 is 4.07. The predicted octanol–water partition coefficient (Wildman–Crippen LogP) is 3.11. The molecule has 0 amide bonds. The van der Waals surface area contributed by atoms with Crippen LogP contribution in [0.25, 0.3) is 0 Å².